The number of epoxide rings is 2. The number of ketones is 1. The lowest BCUT2D eigenvalue weighted by molar-refractivity contribution is -0.143. The van der Waals surface area contributed by atoms with Gasteiger partial charge in [0, 0.05) is 20.0 Å². The Labute approximate surface area is 166 Å². The SMILES string of the molecule is CCOC(=O)CCCCCC=CCC1OC1(N)C1C(OC)C(=O)CCC12CO2. The van der Waals surface area contributed by atoms with E-state index in [2.05, 4.69) is 12.2 Å². The zero-order valence-electron chi connectivity index (χ0n) is 17.0. The molecule has 2 aliphatic heterocycles. The van der Waals surface area contributed by atoms with Crippen molar-refractivity contribution in [2.45, 2.75) is 81.8 Å². The lowest BCUT2D eigenvalue weighted by Crippen LogP contribution is -2.57. The minimum absolute atomic E-state index is 0.0889. The third kappa shape index (κ3) is 4.64. The Morgan fingerprint density at radius 2 is 2.11 bits per heavy atom. The van der Waals surface area contributed by atoms with Crippen molar-refractivity contribution in [2.75, 3.05) is 20.3 Å². The highest BCUT2D eigenvalue weighted by Crippen LogP contribution is 2.56. The van der Waals surface area contributed by atoms with E-state index in [0.717, 1.165) is 32.1 Å². The maximum absolute atomic E-state index is 12.3. The van der Waals surface area contributed by atoms with Gasteiger partial charge in [0.15, 0.2) is 11.5 Å². The number of hydrogen-bond acceptors (Lipinski definition) is 7. The normalized spacial score (nSPS) is 36.8. The van der Waals surface area contributed by atoms with Crippen LogP contribution in [0.25, 0.3) is 0 Å². The molecule has 0 aromatic carbocycles. The van der Waals surface area contributed by atoms with Gasteiger partial charge in [-0.3, -0.25) is 9.59 Å². The van der Waals surface area contributed by atoms with Gasteiger partial charge in [-0.2, -0.15) is 0 Å². The number of esters is 1. The zero-order valence-corrected chi connectivity index (χ0v) is 17.0. The lowest BCUT2D eigenvalue weighted by atomic mass is 9.71. The fraction of sp³-hybridized carbons (Fsp3) is 0.810. The first kappa shape index (κ1) is 21.4. The molecule has 1 aliphatic carbocycles. The number of carbonyl (C=O) groups is 2. The van der Waals surface area contributed by atoms with Crippen LogP contribution in [0.4, 0.5) is 0 Å². The minimum Gasteiger partial charge on any atom is -0.466 e. The molecule has 5 atom stereocenters. The molecule has 28 heavy (non-hydrogen) atoms. The number of nitrogens with two attached hydrogens (primary N) is 1. The second-order valence-electron chi connectivity index (χ2n) is 8.03. The predicted molar refractivity (Wildman–Crippen MR) is 102 cm³/mol. The molecule has 0 aromatic heterocycles. The first-order valence-corrected chi connectivity index (χ1v) is 10.4. The van der Waals surface area contributed by atoms with Crippen LogP contribution in [0.2, 0.25) is 0 Å². The van der Waals surface area contributed by atoms with Crippen molar-refractivity contribution in [3.8, 4) is 0 Å². The van der Waals surface area contributed by atoms with E-state index in [1.165, 1.54) is 0 Å². The second kappa shape index (κ2) is 9.03. The summed E-state index contributed by atoms with van der Waals surface area (Å²) in [6, 6.07) is 0. The van der Waals surface area contributed by atoms with E-state index in [1.807, 2.05) is 6.92 Å². The number of hydrogen-bond donors (Lipinski definition) is 1. The topological polar surface area (TPSA) is 104 Å². The van der Waals surface area contributed by atoms with E-state index in [-0.39, 0.29) is 29.4 Å². The van der Waals surface area contributed by atoms with Crippen molar-refractivity contribution < 1.29 is 28.5 Å². The molecule has 158 valence electrons. The Morgan fingerprint density at radius 3 is 2.79 bits per heavy atom. The number of carbonyl (C=O) groups excluding carboxylic acids is 2. The standard InChI is InChI=1S/C21H33NO6/c1-3-26-17(24)11-9-7-5-4-6-8-10-16-21(22,28-16)19-18(25-2)15(23)12-13-20(19)14-27-20/h6,8,16,18-19H,3-5,7,9-14,22H2,1-2H3. The van der Waals surface area contributed by atoms with Gasteiger partial charge in [0.2, 0.25) is 0 Å². The summed E-state index contributed by atoms with van der Waals surface area (Å²) in [6.45, 7) is 2.89. The lowest BCUT2D eigenvalue weighted by Gasteiger charge is -2.37. The first-order valence-electron chi connectivity index (χ1n) is 10.4. The molecule has 7 nitrogen and oxygen atoms in total. The molecular weight excluding hydrogens is 362 g/mol. The maximum Gasteiger partial charge on any atom is 0.305 e. The molecule has 2 N–H and O–H groups in total. The van der Waals surface area contributed by atoms with Crippen molar-refractivity contribution in [3.63, 3.8) is 0 Å². The highest BCUT2D eigenvalue weighted by molar-refractivity contribution is 5.85. The number of Topliss-reactive ketones (excluding diaryl/α,β-unsaturated/α-hetero) is 1. The molecule has 0 bridgehead atoms. The van der Waals surface area contributed by atoms with Gasteiger partial charge in [0.1, 0.15) is 17.8 Å². The Morgan fingerprint density at radius 1 is 1.32 bits per heavy atom. The van der Waals surface area contributed by atoms with Gasteiger partial charge in [-0.15, -0.1) is 0 Å². The summed E-state index contributed by atoms with van der Waals surface area (Å²) in [5.74, 6) is -0.269. The molecule has 1 saturated carbocycles. The van der Waals surface area contributed by atoms with Crippen LogP contribution in [-0.2, 0) is 28.5 Å². The van der Waals surface area contributed by atoms with Gasteiger partial charge >= 0.3 is 5.97 Å². The Hall–Kier alpha value is -1.28. The monoisotopic (exact) mass is 395 g/mol. The van der Waals surface area contributed by atoms with Crippen LogP contribution in [0.1, 0.15) is 58.3 Å². The van der Waals surface area contributed by atoms with Gasteiger partial charge in [-0.05, 0) is 39.0 Å². The smallest absolute Gasteiger partial charge is 0.305 e. The fourth-order valence-corrected chi connectivity index (χ4v) is 4.42. The van der Waals surface area contributed by atoms with Crippen LogP contribution in [-0.4, -0.2) is 55.6 Å². The molecule has 0 aromatic rings. The Bertz CT molecular complexity index is 602. The van der Waals surface area contributed by atoms with Gasteiger partial charge in [0.05, 0.1) is 19.1 Å². The first-order chi connectivity index (χ1) is 13.5. The summed E-state index contributed by atoms with van der Waals surface area (Å²) in [7, 11) is 1.56. The zero-order chi connectivity index (χ0) is 20.2. The number of ether oxygens (including phenoxy) is 4. The summed E-state index contributed by atoms with van der Waals surface area (Å²) >= 11 is 0. The van der Waals surface area contributed by atoms with Crippen molar-refractivity contribution in [3.05, 3.63) is 12.2 Å². The summed E-state index contributed by atoms with van der Waals surface area (Å²) < 4.78 is 22.0. The fourth-order valence-electron chi connectivity index (χ4n) is 4.42. The third-order valence-electron chi connectivity index (χ3n) is 6.10. The van der Waals surface area contributed by atoms with Crippen molar-refractivity contribution >= 4 is 11.8 Å². The summed E-state index contributed by atoms with van der Waals surface area (Å²) in [6.07, 6.45) is 9.83. The molecule has 0 radical (unpaired) electrons. The van der Waals surface area contributed by atoms with Crippen LogP contribution in [0.15, 0.2) is 12.2 Å². The molecule has 2 saturated heterocycles. The molecule has 5 unspecified atom stereocenters. The van der Waals surface area contributed by atoms with Crippen LogP contribution < -0.4 is 5.73 Å². The van der Waals surface area contributed by atoms with Gasteiger partial charge in [-0.25, -0.2) is 0 Å². The molecule has 3 rings (SSSR count). The van der Waals surface area contributed by atoms with Crippen molar-refractivity contribution in [1.29, 1.82) is 0 Å². The Balaban J connectivity index is 1.38. The maximum atomic E-state index is 12.3. The molecule has 7 heteroatoms. The predicted octanol–water partition coefficient (Wildman–Crippen LogP) is 2.26. The van der Waals surface area contributed by atoms with Crippen LogP contribution in [0.5, 0.6) is 0 Å². The van der Waals surface area contributed by atoms with E-state index in [0.29, 0.717) is 32.5 Å². The van der Waals surface area contributed by atoms with Crippen LogP contribution in [0.3, 0.4) is 0 Å². The number of unbranched alkanes of at least 4 members (excludes halogenated alkanes) is 3. The van der Waals surface area contributed by atoms with Gasteiger partial charge in [0.25, 0.3) is 0 Å². The summed E-state index contributed by atoms with van der Waals surface area (Å²) in [5, 5.41) is 0. The number of rotatable bonds is 11. The number of methoxy groups -OCH3 is 1. The molecular formula is C21H33NO6. The van der Waals surface area contributed by atoms with Crippen molar-refractivity contribution in [1.82, 2.24) is 0 Å². The molecule has 1 spiro atoms. The molecule has 3 fully saturated rings. The van der Waals surface area contributed by atoms with E-state index < -0.39 is 11.8 Å². The largest absolute Gasteiger partial charge is 0.466 e. The Kier molecular flexibility index (Phi) is 6.91. The highest BCUT2D eigenvalue weighted by Gasteiger charge is 2.72. The minimum atomic E-state index is -0.850. The average molecular weight is 395 g/mol. The van der Waals surface area contributed by atoms with Gasteiger partial charge in [-0.1, -0.05) is 18.6 Å². The van der Waals surface area contributed by atoms with E-state index >= 15 is 0 Å². The highest BCUT2D eigenvalue weighted by atomic mass is 16.6. The number of allylic oxidation sites excluding steroid dienone is 1. The summed E-state index contributed by atoms with van der Waals surface area (Å²) in [5.41, 5.74) is 5.33. The van der Waals surface area contributed by atoms with Crippen LogP contribution >= 0.6 is 0 Å². The summed E-state index contributed by atoms with van der Waals surface area (Å²) in [4.78, 5) is 23.5. The second-order valence-corrected chi connectivity index (χ2v) is 8.03. The average Bonchev–Trinajstić information content (AvgIpc) is 3.57. The molecule has 2 heterocycles. The quantitative estimate of drug-likeness (QED) is 0.248. The van der Waals surface area contributed by atoms with Crippen LogP contribution in [0, 0.1) is 5.92 Å². The van der Waals surface area contributed by atoms with E-state index in [4.69, 9.17) is 24.7 Å². The van der Waals surface area contributed by atoms with Crippen molar-refractivity contribution in [2.24, 2.45) is 11.7 Å². The van der Waals surface area contributed by atoms with Gasteiger partial charge < -0.3 is 24.7 Å². The molecule has 3 aliphatic rings. The van der Waals surface area contributed by atoms with E-state index in [1.54, 1.807) is 7.11 Å². The van der Waals surface area contributed by atoms with E-state index in [9.17, 15) is 9.59 Å². The molecule has 0 amide bonds. The third-order valence-corrected chi connectivity index (χ3v) is 6.10.